The van der Waals surface area contributed by atoms with E-state index in [1.807, 2.05) is 24.3 Å². The minimum Gasteiger partial charge on any atom is -0.497 e. The Morgan fingerprint density at radius 2 is 1.74 bits per heavy atom. The van der Waals surface area contributed by atoms with E-state index >= 15 is 0 Å². The fourth-order valence-corrected chi connectivity index (χ4v) is 2.13. The first-order valence-electron chi connectivity index (χ1n) is 7.04. The van der Waals surface area contributed by atoms with Crippen LogP contribution in [0.2, 0.25) is 0 Å². The molecule has 2 aromatic rings. The van der Waals surface area contributed by atoms with Crippen molar-refractivity contribution in [2.24, 2.45) is 0 Å². The van der Waals surface area contributed by atoms with Crippen LogP contribution in [0.4, 0.5) is 0 Å². The van der Waals surface area contributed by atoms with Gasteiger partial charge in [0, 0.05) is 5.56 Å². The molecule has 0 aliphatic rings. The molecule has 0 radical (unpaired) electrons. The molecule has 0 heterocycles. The molecule has 2 aromatic carbocycles. The molecule has 0 atom stereocenters. The minimum atomic E-state index is -0.568. The SMILES string of the molecule is COC(=O)c1cc(OCc2cccc(OC)c2)ccc1C(C)=O. The summed E-state index contributed by atoms with van der Waals surface area (Å²) >= 11 is 0. The van der Waals surface area contributed by atoms with Crippen LogP contribution in [0.25, 0.3) is 0 Å². The third kappa shape index (κ3) is 4.10. The van der Waals surface area contributed by atoms with E-state index in [4.69, 9.17) is 14.2 Å². The number of methoxy groups -OCH3 is 2. The van der Waals surface area contributed by atoms with E-state index in [1.165, 1.54) is 20.1 Å². The maximum absolute atomic E-state index is 11.8. The van der Waals surface area contributed by atoms with Crippen LogP contribution in [0.1, 0.15) is 33.2 Å². The lowest BCUT2D eigenvalue weighted by Gasteiger charge is -2.11. The Bertz CT molecular complexity index is 721. The third-order valence-corrected chi connectivity index (χ3v) is 3.32. The fourth-order valence-electron chi connectivity index (χ4n) is 2.13. The Kier molecular flexibility index (Phi) is 5.36. The molecule has 0 aliphatic heterocycles. The Morgan fingerprint density at radius 1 is 0.957 bits per heavy atom. The first kappa shape index (κ1) is 16.5. The van der Waals surface area contributed by atoms with Crippen LogP contribution in [-0.4, -0.2) is 26.0 Å². The van der Waals surface area contributed by atoms with Crippen LogP contribution < -0.4 is 9.47 Å². The molecule has 5 nitrogen and oxygen atoms in total. The van der Waals surface area contributed by atoms with Gasteiger partial charge in [0.05, 0.1) is 19.8 Å². The second-order valence-electron chi connectivity index (χ2n) is 4.90. The van der Waals surface area contributed by atoms with E-state index in [9.17, 15) is 9.59 Å². The third-order valence-electron chi connectivity index (χ3n) is 3.32. The molecule has 0 N–H and O–H groups in total. The smallest absolute Gasteiger partial charge is 0.338 e. The molecule has 0 aromatic heterocycles. The Labute approximate surface area is 134 Å². The van der Waals surface area contributed by atoms with Gasteiger partial charge in [0.1, 0.15) is 18.1 Å². The fraction of sp³-hybridized carbons (Fsp3) is 0.222. The van der Waals surface area contributed by atoms with Gasteiger partial charge in [0.25, 0.3) is 0 Å². The number of carbonyl (C=O) groups is 2. The zero-order chi connectivity index (χ0) is 16.8. The summed E-state index contributed by atoms with van der Waals surface area (Å²) in [7, 11) is 2.87. The highest BCUT2D eigenvalue weighted by Gasteiger charge is 2.16. The standard InChI is InChI=1S/C18H18O5/c1-12(19)16-8-7-15(10-17(16)18(20)22-3)23-11-13-5-4-6-14(9-13)21-2/h4-10H,11H2,1-3H3. The van der Waals surface area contributed by atoms with Crippen molar-refractivity contribution >= 4 is 11.8 Å². The number of rotatable bonds is 6. The molecule has 0 fully saturated rings. The largest absolute Gasteiger partial charge is 0.497 e. The maximum atomic E-state index is 11.8. The number of hydrogen-bond acceptors (Lipinski definition) is 5. The summed E-state index contributed by atoms with van der Waals surface area (Å²) in [6, 6.07) is 12.2. The van der Waals surface area contributed by atoms with E-state index in [0.29, 0.717) is 17.9 Å². The first-order chi connectivity index (χ1) is 11.0. The van der Waals surface area contributed by atoms with Crippen molar-refractivity contribution < 1.29 is 23.8 Å². The molecule has 120 valence electrons. The summed E-state index contributed by atoms with van der Waals surface area (Å²) in [6.07, 6.45) is 0. The highest BCUT2D eigenvalue weighted by molar-refractivity contribution is 6.05. The molecule has 0 unspecified atom stereocenters. The lowest BCUT2D eigenvalue weighted by Crippen LogP contribution is -2.09. The van der Waals surface area contributed by atoms with Crippen LogP contribution >= 0.6 is 0 Å². The van der Waals surface area contributed by atoms with Gasteiger partial charge in [-0.3, -0.25) is 4.79 Å². The number of ketones is 1. The van der Waals surface area contributed by atoms with Crippen LogP contribution in [0.3, 0.4) is 0 Å². The average molecular weight is 314 g/mol. The first-order valence-corrected chi connectivity index (χ1v) is 7.04. The van der Waals surface area contributed by atoms with Crippen molar-refractivity contribution in [2.75, 3.05) is 14.2 Å². The van der Waals surface area contributed by atoms with E-state index in [2.05, 4.69) is 0 Å². The second kappa shape index (κ2) is 7.45. The molecule has 23 heavy (non-hydrogen) atoms. The molecular formula is C18H18O5. The van der Waals surface area contributed by atoms with Crippen LogP contribution in [0, 0.1) is 0 Å². The molecule has 0 bridgehead atoms. The summed E-state index contributed by atoms with van der Waals surface area (Å²) in [5, 5.41) is 0. The van der Waals surface area contributed by atoms with Crippen molar-refractivity contribution in [2.45, 2.75) is 13.5 Å². The molecule has 0 saturated heterocycles. The van der Waals surface area contributed by atoms with Crippen molar-refractivity contribution in [3.63, 3.8) is 0 Å². The normalized spacial score (nSPS) is 10.0. The monoisotopic (exact) mass is 314 g/mol. The van der Waals surface area contributed by atoms with Crippen molar-refractivity contribution in [3.8, 4) is 11.5 Å². The van der Waals surface area contributed by atoms with Crippen molar-refractivity contribution in [3.05, 3.63) is 59.2 Å². The highest BCUT2D eigenvalue weighted by atomic mass is 16.5. The number of benzene rings is 2. The number of esters is 1. The van der Waals surface area contributed by atoms with Gasteiger partial charge in [-0.15, -0.1) is 0 Å². The topological polar surface area (TPSA) is 61.8 Å². The lowest BCUT2D eigenvalue weighted by atomic mass is 10.0. The van der Waals surface area contributed by atoms with Gasteiger partial charge in [-0.2, -0.15) is 0 Å². The number of Topliss-reactive ketones (excluding diaryl/α,β-unsaturated/α-hetero) is 1. The van der Waals surface area contributed by atoms with Crippen LogP contribution in [0.5, 0.6) is 11.5 Å². The summed E-state index contributed by atoms with van der Waals surface area (Å²) in [5.74, 6) is 0.457. The summed E-state index contributed by atoms with van der Waals surface area (Å²) in [5.41, 5.74) is 1.44. The zero-order valence-corrected chi connectivity index (χ0v) is 13.3. The Hall–Kier alpha value is -2.82. The predicted octanol–water partition coefficient (Wildman–Crippen LogP) is 3.26. The maximum Gasteiger partial charge on any atom is 0.338 e. The van der Waals surface area contributed by atoms with Crippen LogP contribution in [0.15, 0.2) is 42.5 Å². The van der Waals surface area contributed by atoms with Gasteiger partial charge < -0.3 is 14.2 Å². The van der Waals surface area contributed by atoms with Gasteiger partial charge in [-0.25, -0.2) is 4.79 Å². The van der Waals surface area contributed by atoms with Crippen molar-refractivity contribution in [1.29, 1.82) is 0 Å². The minimum absolute atomic E-state index is 0.197. The van der Waals surface area contributed by atoms with E-state index in [-0.39, 0.29) is 11.3 Å². The van der Waals surface area contributed by atoms with E-state index in [1.54, 1.807) is 19.2 Å². The number of carbonyl (C=O) groups excluding carboxylic acids is 2. The van der Waals surface area contributed by atoms with Gasteiger partial charge in [0.15, 0.2) is 5.78 Å². The van der Waals surface area contributed by atoms with E-state index in [0.717, 1.165) is 11.3 Å². The quantitative estimate of drug-likeness (QED) is 0.605. The molecular weight excluding hydrogens is 296 g/mol. The Morgan fingerprint density at radius 3 is 2.39 bits per heavy atom. The molecule has 0 aliphatic carbocycles. The Balaban J connectivity index is 2.20. The van der Waals surface area contributed by atoms with Gasteiger partial charge >= 0.3 is 5.97 Å². The highest BCUT2D eigenvalue weighted by Crippen LogP contribution is 2.21. The van der Waals surface area contributed by atoms with Gasteiger partial charge in [-0.1, -0.05) is 12.1 Å². The molecule has 0 saturated carbocycles. The van der Waals surface area contributed by atoms with Gasteiger partial charge in [0.2, 0.25) is 0 Å². The summed E-state index contributed by atoms with van der Waals surface area (Å²) in [6.45, 7) is 1.72. The molecule has 0 spiro atoms. The second-order valence-corrected chi connectivity index (χ2v) is 4.90. The predicted molar refractivity (Wildman–Crippen MR) is 85.1 cm³/mol. The average Bonchev–Trinajstić information content (AvgIpc) is 2.59. The molecule has 2 rings (SSSR count). The van der Waals surface area contributed by atoms with Gasteiger partial charge in [-0.05, 0) is 42.8 Å². The number of hydrogen-bond donors (Lipinski definition) is 0. The van der Waals surface area contributed by atoms with Crippen LogP contribution in [-0.2, 0) is 11.3 Å². The summed E-state index contributed by atoms with van der Waals surface area (Å²) in [4.78, 5) is 23.4. The summed E-state index contributed by atoms with van der Waals surface area (Å²) < 4.78 is 15.6. The number of ether oxygens (including phenoxy) is 3. The zero-order valence-electron chi connectivity index (χ0n) is 13.3. The lowest BCUT2D eigenvalue weighted by molar-refractivity contribution is 0.0596. The molecule has 5 heteroatoms. The van der Waals surface area contributed by atoms with E-state index < -0.39 is 5.97 Å². The molecule has 0 amide bonds. The van der Waals surface area contributed by atoms with Crippen molar-refractivity contribution in [1.82, 2.24) is 0 Å².